The molecule has 0 saturated heterocycles. The lowest BCUT2D eigenvalue weighted by atomic mass is 10.1. The highest BCUT2D eigenvalue weighted by atomic mass is 15.1. The largest absolute Gasteiger partial charge is 0.387 e. The predicted octanol–water partition coefficient (Wildman–Crippen LogP) is 2.60. The maximum absolute atomic E-state index is 3.98. The lowest BCUT2D eigenvalue weighted by molar-refractivity contribution is 0.403. The summed E-state index contributed by atoms with van der Waals surface area (Å²) >= 11 is 0. The van der Waals surface area contributed by atoms with Crippen LogP contribution in [0.5, 0.6) is 0 Å². The summed E-state index contributed by atoms with van der Waals surface area (Å²) in [7, 11) is 2.08. The topological polar surface area (TPSA) is 15.3 Å². The summed E-state index contributed by atoms with van der Waals surface area (Å²) in [5.41, 5.74) is 2.29. The van der Waals surface area contributed by atoms with Crippen LogP contribution in [0.15, 0.2) is 24.6 Å². The molecule has 0 spiro atoms. The molecule has 0 atom stereocenters. The Balaban J connectivity index is 3.64. The maximum atomic E-state index is 3.98. The Morgan fingerprint density at radius 1 is 1.36 bits per heavy atom. The van der Waals surface area contributed by atoms with Crippen LogP contribution < -0.4 is 5.32 Å². The summed E-state index contributed by atoms with van der Waals surface area (Å²) in [4.78, 5) is 2.18. The third-order valence-corrected chi connectivity index (χ3v) is 2.44. The third kappa shape index (κ3) is 4.95. The first-order chi connectivity index (χ1) is 6.49. The molecule has 82 valence electrons. The lowest BCUT2D eigenvalue weighted by Gasteiger charge is -2.22. The average Bonchev–Trinajstić information content (AvgIpc) is 2.15. The van der Waals surface area contributed by atoms with Crippen LogP contribution in [0.1, 0.15) is 27.2 Å². The van der Waals surface area contributed by atoms with Crippen molar-refractivity contribution in [1.82, 2.24) is 10.2 Å². The molecule has 2 heteroatoms. The van der Waals surface area contributed by atoms with Crippen molar-refractivity contribution >= 4 is 0 Å². The zero-order valence-corrected chi connectivity index (χ0v) is 10.1. The molecular weight excluding hydrogens is 172 g/mol. The summed E-state index contributed by atoms with van der Waals surface area (Å²) in [6.45, 7) is 16.3. The van der Waals surface area contributed by atoms with Gasteiger partial charge in [-0.25, -0.2) is 0 Å². The average molecular weight is 196 g/mol. The molecule has 14 heavy (non-hydrogen) atoms. The fourth-order valence-corrected chi connectivity index (χ4v) is 1.02. The van der Waals surface area contributed by atoms with Gasteiger partial charge in [0.15, 0.2) is 0 Å². The SMILES string of the molecule is C=C(NCCN(C)C(=C)CC)C(C)C. The maximum Gasteiger partial charge on any atom is 0.0345 e. The molecule has 0 fully saturated rings. The smallest absolute Gasteiger partial charge is 0.0345 e. The molecule has 0 heterocycles. The molecule has 0 aromatic heterocycles. The van der Waals surface area contributed by atoms with Gasteiger partial charge in [0.2, 0.25) is 0 Å². The predicted molar refractivity (Wildman–Crippen MR) is 64.0 cm³/mol. The van der Waals surface area contributed by atoms with Crippen LogP contribution >= 0.6 is 0 Å². The summed E-state index contributed by atoms with van der Waals surface area (Å²) in [6, 6.07) is 0. The zero-order chi connectivity index (χ0) is 11.1. The number of hydrogen-bond donors (Lipinski definition) is 1. The van der Waals surface area contributed by atoms with Gasteiger partial charge in [-0.2, -0.15) is 0 Å². The van der Waals surface area contributed by atoms with Crippen molar-refractivity contribution in [3.05, 3.63) is 24.6 Å². The van der Waals surface area contributed by atoms with E-state index < -0.39 is 0 Å². The lowest BCUT2D eigenvalue weighted by Crippen LogP contribution is -2.29. The van der Waals surface area contributed by atoms with Gasteiger partial charge in [-0.15, -0.1) is 0 Å². The molecule has 2 nitrogen and oxygen atoms in total. The van der Waals surface area contributed by atoms with Crippen LogP contribution in [0.3, 0.4) is 0 Å². The van der Waals surface area contributed by atoms with Crippen molar-refractivity contribution in [3.63, 3.8) is 0 Å². The second-order valence-electron chi connectivity index (χ2n) is 3.95. The van der Waals surface area contributed by atoms with Crippen LogP contribution in [0.2, 0.25) is 0 Å². The van der Waals surface area contributed by atoms with Crippen molar-refractivity contribution in [3.8, 4) is 0 Å². The Morgan fingerprint density at radius 3 is 2.36 bits per heavy atom. The van der Waals surface area contributed by atoms with Gasteiger partial charge in [-0.3, -0.25) is 0 Å². The van der Waals surface area contributed by atoms with E-state index in [0.717, 1.165) is 25.2 Å². The van der Waals surface area contributed by atoms with Gasteiger partial charge in [0.05, 0.1) is 0 Å². The molecule has 0 amide bonds. The molecule has 0 aliphatic carbocycles. The molecular formula is C12H24N2. The number of nitrogens with zero attached hydrogens (tertiary/aromatic N) is 1. The second kappa shape index (κ2) is 6.52. The van der Waals surface area contributed by atoms with Crippen LogP contribution in [0.4, 0.5) is 0 Å². The molecule has 0 aliphatic rings. The number of allylic oxidation sites excluding steroid dienone is 2. The number of hydrogen-bond acceptors (Lipinski definition) is 2. The Kier molecular flexibility index (Phi) is 6.09. The molecule has 0 rings (SSSR count). The van der Waals surface area contributed by atoms with Gasteiger partial charge in [0, 0.05) is 31.5 Å². The van der Waals surface area contributed by atoms with E-state index in [-0.39, 0.29) is 0 Å². The van der Waals surface area contributed by atoms with Crippen molar-refractivity contribution in [2.75, 3.05) is 20.1 Å². The summed E-state index contributed by atoms with van der Waals surface area (Å²) in [5.74, 6) is 0.509. The monoisotopic (exact) mass is 196 g/mol. The Hall–Kier alpha value is -0.920. The van der Waals surface area contributed by atoms with Crippen LogP contribution in [-0.2, 0) is 0 Å². The minimum absolute atomic E-state index is 0.509. The van der Waals surface area contributed by atoms with E-state index in [9.17, 15) is 0 Å². The van der Waals surface area contributed by atoms with Gasteiger partial charge in [-0.1, -0.05) is 33.9 Å². The van der Waals surface area contributed by atoms with Crippen LogP contribution in [-0.4, -0.2) is 25.0 Å². The van der Waals surface area contributed by atoms with Crippen molar-refractivity contribution in [2.24, 2.45) is 5.92 Å². The quantitative estimate of drug-likeness (QED) is 0.673. The molecule has 1 N–H and O–H groups in total. The first-order valence-electron chi connectivity index (χ1n) is 5.30. The summed E-state index contributed by atoms with van der Waals surface area (Å²) in [6.07, 6.45) is 1.02. The Bertz CT molecular complexity index is 194. The standard InChI is InChI=1S/C12H24N2/c1-7-11(4)14(6)9-8-13-12(5)10(2)3/h10,13H,4-5,7-9H2,1-3,6H3. The number of rotatable bonds is 7. The number of likely N-dealkylation sites (N-methyl/N-ethyl adjacent to an activating group) is 1. The molecule has 0 saturated carbocycles. The molecule has 0 bridgehead atoms. The van der Waals surface area contributed by atoms with E-state index in [1.165, 1.54) is 5.70 Å². The van der Waals surface area contributed by atoms with E-state index in [4.69, 9.17) is 0 Å². The van der Waals surface area contributed by atoms with Gasteiger partial charge < -0.3 is 10.2 Å². The molecule has 0 aliphatic heterocycles. The number of nitrogens with one attached hydrogen (secondary N) is 1. The van der Waals surface area contributed by atoms with Crippen molar-refractivity contribution in [2.45, 2.75) is 27.2 Å². The van der Waals surface area contributed by atoms with E-state index in [1.807, 2.05) is 0 Å². The van der Waals surface area contributed by atoms with Crippen molar-refractivity contribution in [1.29, 1.82) is 0 Å². The van der Waals surface area contributed by atoms with Crippen LogP contribution in [0, 0.1) is 5.92 Å². The third-order valence-electron chi connectivity index (χ3n) is 2.44. The van der Waals surface area contributed by atoms with Crippen molar-refractivity contribution < 1.29 is 0 Å². The van der Waals surface area contributed by atoms with Gasteiger partial charge in [0.25, 0.3) is 0 Å². The molecule has 0 radical (unpaired) electrons. The van der Waals surface area contributed by atoms with E-state index in [1.54, 1.807) is 0 Å². The zero-order valence-electron chi connectivity index (χ0n) is 10.1. The molecule has 0 unspecified atom stereocenters. The van der Waals surface area contributed by atoms with Gasteiger partial charge >= 0.3 is 0 Å². The Morgan fingerprint density at radius 2 is 1.93 bits per heavy atom. The van der Waals surface area contributed by atoms with Gasteiger partial charge in [0.1, 0.15) is 0 Å². The first kappa shape index (κ1) is 13.1. The van der Waals surface area contributed by atoms with E-state index in [0.29, 0.717) is 5.92 Å². The minimum Gasteiger partial charge on any atom is -0.387 e. The molecule has 0 aromatic rings. The highest BCUT2D eigenvalue weighted by molar-refractivity contribution is 4.95. The first-order valence-corrected chi connectivity index (χ1v) is 5.30. The van der Waals surface area contributed by atoms with Crippen LogP contribution in [0.25, 0.3) is 0 Å². The molecule has 0 aromatic carbocycles. The second-order valence-corrected chi connectivity index (χ2v) is 3.95. The Labute approximate surface area is 88.7 Å². The highest BCUT2D eigenvalue weighted by Gasteiger charge is 2.01. The van der Waals surface area contributed by atoms with E-state index in [2.05, 4.69) is 51.2 Å². The fraction of sp³-hybridized carbons (Fsp3) is 0.667. The summed E-state index contributed by atoms with van der Waals surface area (Å²) < 4.78 is 0. The summed E-state index contributed by atoms with van der Waals surface area (Å²) in [5, 5.41) is 3.31. The van der Waals surface area contributed by atoms with E-state index >= 15 is 0 Å². The normalized spacial score (nSPS) is 10.1. The minimum atomic E-state index is 0.509. The highest BCUT2D eigenvalue weighted by Crippen LogP contribution is 2.03. The van der Waals surface area contributed by atoms with Gasteiger partial charge in [-0.05, 0) is 12.3 Å². The fourth-order valence-electron chi connectivity index (χ4n) is 1.02.